The quantitative estimate of drug-likeness (QED) is 0.510. The van der Waals surface area contributed by atoms with E-state index >= 15 is 0 Å². The van der Waals surface area contributed by atoms with Gasteiger partial charge in [0.05, 0.1) is 7.11 Å². The molecule has 0 saturated heterocycles. The number of nitrogens with one attached hydrogen (secondary N) is 2. The first-order valence-corrected chi connectivity index (χ1v) is 9.84. The van der Waals surface area contributed by atoms with Gasteiger partial charge in [-0.1, -0.05) is 24.3 Å². The lowest BCUT2D eigenvalue weighted by Crippen LogP contribution is -2.40. The number of aliphatic imine (C=N–C) groups is 1. The number of guanidine groups is 1. The highest BCUT2D eigenvalue weighted by atomic mass is 32.1. The fourth-order valence-corrected chi connectivity index (χ4v) is 3.16. The Labute approximate surface area is 165 Å². The lowest BCUT2D eigenvalue weighted by atomic mass is 10.1. The lowest BCUT2D eigenvalue weighted by molar-refractivity contribution is -0.127. The standard InChI is InChI=1S/C20H28N4O2S/c1-24(2)19(25)15-23-20(22-13-11-17-8-6-14-27-17)21-12-10-16-7-4-5-9-18(16)26-3/h4-9,14H,10-13,15H2,1-3H3,(H2,21,22,23). The van der Waals surface area contributed by atoms with Crippen LogP contribution in [0.5, 0.6) is 5.75 Å². The zero-order chi connectivity index (χ0) is 19.5. The summed E-state index contributed by atoms with van der Waals surface area (Å²) in [5.41, 5.74) is 1.13. The van der Waals surface area contributed by atoms with E-state index in [9.17, 15) is 4.79 Å². The summed E-state index contributed by atoms with van der Waals surface area (Å²) in [4.78, 5) is 19.1. The van der Waals surface area contributed by atoms with Crippen LogP contribution in [0.3, 0.4) is 0 Å². The van der Waals surface area contributed by atoms with E-state index < -0.39 is 0 Å². The SMILES string of the molecule is COc1ccccc1CCNC(=NCC(=O)N(C)C)NCCc1cccs1. The van der Waals surface area contributed by atoms with Crippen molar-refractivity contribution in [2.75, 3.05) is 40.8 Å². The third-order valence-corrected chi connectivity index (χ3v) is 4.93. The maximum absolute atomic E-state index is 11.8. The van der Waals surface area contributed by atoms with Crippen LogP contribution in [-0.4, -0.2) is 57.6 Å². The molecule has 2 rings (SSSR count). The van der Waals surface area contributed by atoms with Crippen molar-refractivity contribution >= 4 is 23.2 Å². The molecule has 7 heteroatoms. The van der Waals surface area contributed by atoms with Crippen molar-refractivity contribution in [3.05, 3.63) is 52.2 Å². The van der Waals surface area contributed by atoms with Gasteiger partial charge in [-0.05, 0) is 35.9 Å². The number of thiophene rings is 1. The van der Waals surface area contributed by atoms with Crippen molar-refractivity contribution in [2.24, 2.45) is 4.99 Å². The topological polar surface area (TPSA) is 66.0 Å². The van der Waals surface area contributed by atoms with Gasteiger partial charge in [0, 0.05) is 32.1 Å². The minimum absolute atomic E-state index is 0.0286. The number of ether oxygens (including phenoxy) is 1. The highest BCUT2D eigenvalue weighted by molar-refractivity contribution is 7.09. The van der Waals surface area contributed by atoms with Crippen LogP contribution in [0.15, 0.2) is 46.8 Å². The molecule has 0 spiro atoms. The number of nitrogens with zero attached hydrogens (tertiary/aromatic N) is 2. The highest BCUT2D eigenvalue weighted by Gasteiger charge is 2.06. The summed E-state index contributed by atoms with van der Waals surface area (Å²) < 4.78 is 5.39. The van der Waals surface area contributed by atoms with Crippen LogP contribution in [0, 0.1) is 0 Å². The van der Waals surface area contributed by atoms with Crippen LogP contribution in [0.1, 0.15) is 10.4 Å². The molecule has 0 bridgehead atoms. The second-order valence-corrected chi connectivity index (χ2v) is 7.23. The van der Waals surface area contributed by atoms with E-state index in [-0.39, 0.29) is 12.5 Å². The number of methoxy groups -OCH3 is 1. The minimum atomic E-state index is -0.0286. The molecule has 6 nitrogen and oxygen atoms in total. The van der Waals surface area contributed by atoms with Crippen LogP contribution in [0.25, 0.3) is 0 Å². The highest BCUT2D eigenvalue weighted by Crippen LogP contribution is 2.17. The average Bonchev–Trinajstić information content (AvgIpc) is 3.19. The largest absolute Gasteiger partial charge is 0.496 e. The normalized spacial score (nSPS) is 11.1. The van der Waals surface area contributed by atoms with Crippen molar-refractivity contribution in [3.8, 4) is 5.75 Å². The molecule has 27 heavy (non-hydrogen) atoms. The maximum Gasteiger partial charge on any atom is 0.243 e. The summed E-state index contributed by atoms with van der Waals surface area (Å²) >= 11 is 1.74. The predicted molar refractivity (Wildman–Crippen MR) is 112 cm³/mol. The van der Waals surface area contributed by atoms with Gasteiger partial charge in [0.1, 0.15) is 12.3 Å². The predicted octanol–water partition coefficient (Wildman–Crippen LogP) is 2.17. The van der Waals surface area contributed by atoms with E-state index in [1.54, 1.807) is 37.4 Å². The third kappa shape index (κ3) is 7.30. The van der Waals surface area contributed by atoms with Gasteiger partial charge in [-0.25, -0.2) is 4.99 Å². The molecule has 1 heterocycles. The number of carbonyl (C=O) groups excluding carboxylic acids is 1. The molecule has 0 aliphatic heterocycles. The summed E-state index contributed by atoms with van der Waals surface area (Å²) in [7, 11) is 5.14. The number of para-hydroxylation sites is 1. The average molecular weight is 389 g/mol. The van der Waals surface area contributed by atoms with Gasteiger partial charge in [-0.15, -0.1) is 11.3 Å². The summed E-state index contributed by atoms with van der Waals surface area (Å²) in [5.74, 6) is 1.50. The Morgan fingerprint density at radius 2 is 1.85 bits per heavy atom. The summed E-state index contributed by atoms with van der Waals surface area (Å²) in [6, 6.07) is 12.1. The fourth-order valence-electron chi connectivity index (χ4n) is 2.45. The molecule has 1 amide bonds. The number of hydrogen-bond acceptors (Lipinski definition) is 4. The second kappa shape index (κ2) is 11.2. The Hall–Kier alpha value is -2.54. The molecular weight excluding hydrogens is 360 g/mol. The number of amides is 1. The van der Waals surface area contributed by atoms with E-state index in [1.807, 2.05) is 18.2 Å². The Morgan fingerprint density at radius 3 is 2.52 bits per heavy atom. The van der Waals surface area contributed by atoms with Gasteiger partial charge in [0.2, 0.25) is 5.91 Å². The number of benzene rings is 1. The zero-order valence-corrected chi connectivity index (χ0v) is 17.0. The first kappa shape index (κ1) is 20.8. The van der Waals surface area contributed by atoms with Crippen LogP contribution >= 0.6 is 11.3 Å². The molecule has 0 saturated carbocycles. The molecule has 1 aromatic carbocycles. The molecule has 146 valence electrons. The molecular formula is C20H28N4O2S. The molecule has 0 aliphatic carbocycles. The van der Waals surface area contributed by atoms with Crippen molar-refractivity contribution in [1.82, 2.24) is 15.5 Å². The first-order valence-electron chi connectivity index (χ1n) is 8.96. The van der Waals surface area contributed by atoms with Crippen molar-refractivity contribution in [2.45, 2.75) is 12.8 Å². The lowest BCUT2D eigenvalue weighted by Gasteiger charge is -2.14. The second-order valence-electron chi connectivity index (χ2n) is 6.20. The molecule has 0 fully saturated rings. The van der Waals surface area contributed by atoms with Gasteiger partial charge >= 0.3 is 0 Å². The Morgan fingerprint density at radius 1 is 1.11 bits per heavy atom. The first-order chi connectivity index (χ1) is 13.1. The van der Waals surface area contributed by atoms with E-state index in [2.05, 4.69) is 39.2 Å². The van der Waals surface area contributed by atoms with Gasteiger partial charge in [0.15, 0.2) is 5.96 Å². The third-order valence-electron chi connectivity index (χ3n) is 3.99. The Bertz CT molecular complexity index is 729. The Balaban J connectivity index is 1.89. The molecule has 0 aliphatic rings. The van der Waals surface area contributed by atoms with Crippen molar-refractivity contribution in [1.29, 1.82) is 0 Å². The van der Waals surface area contributed by atoms with Gasteiger partial charge in [-0.3, -0.25) is 4.79 Å². The van der Waals surface area contributed by atoms with E-state index in [1.165, 1.54) is 4.88 Å². The number of rotatable bonds is 9. The molecule has 0 atom stereocenters. The van der Waals surface area contributed by atoms with Crippen LogP contribution < -0.4 is 15.4 Å². The number of likely N-dealkylation sites (N-methyl/N-ethyl adjacent to an activating group) is 1. The number of carbonyl (C=O) groups is 1. The van der Waals surface area contributed by atoms with Crippen LogP contribution in [0.4, 0.5) is 0 Å². The van der Waals surface area contributed by atoms with E-state index in [0.717, 1.165) is 30.7 Å². The van der Waals surface area contributed by atoms with E-state index in [0.29, 0.717) is 12.5 Å². The molecule has 1 aromatic heterocycles. The zero-order valence-electron chi connectivity index (χ0n) is 16.2. The summed E-state index contributed by atoms with van der Waals surface area (Å²) in [6.07, 6.45) is 1.73. The Kier molecular flexibility index (Phi) is 8.64. The minimum Gasteiger partial charge on any atom is -0.496 e. The summed E-state index contributed by atoms with van der Waals surface area (Å²) in [5, 5.41) is 8.70. The van der Waals surface area contributed by atoms with Gasteiger partial charge in [0.25, 0.3) is 0 Å². The monoisotopic (exact) mass is 388 g/mol. The molecule has 2 aromatic rings. The van der Waals surface area contributed by atoms with Crippen molar-refractivity contribution < 1.29 is 9.53 Å². The fraction of sp³-hybridized carbons (Fsp3) is 0.400. The van der Waals surface area contributed by atoms with Gasteiger partial charge in [-0.2, -0.15) is 0 Å². The molecule has 2 N–H and O–H groups in total. The molecule has 0 radical (unpaired) electrons. The van der Waals surface area contributed by atoms with Gasteiger partial charge < -0.3 is 20.3 Å². The van der Waals surface area contributed by atoms with Crippen LogP contribution in [0.2, 0.25) is 0 Å². The van der Waals surface area contributed by atoms with Crippen molar-refractivity contribution in [3.63, 3.8) is 0 Å². The smallest absolute Gasteiger partial charge is 0.243 e. The number of hydrogen-bond donors (Lipinski definition) is 2. The van der Waals surface area contributed by atoms with Crippen LogP contribution in [-0.2, 0) is 17.6 Å². The van der Waals surface area contributed by atoms with E-state index in [4.69, 9.17) is 4.74 Å². The summed E-state index contributed by atoms with van der Waals surface area (Å²) in [6.45, 7) is 1.58. The molecule has 0 unspecified atom stereocenters. The maximum atomic E-state index is 11.8.